The van der Waals surface area contributed by atoms with Gasteiger partial charge < -0.3 is 4.74 Å². The Hall–Kier alpha value is -3.46. The predicted molar refractivity (Wildman–Crippen MR) is 104 cm³/mol. The van der Waals surface area contributed by atoms with Crippen LogP contribution in [0.1, 0.15) is 37.3 Å². The molecule has 0 spiro atoms. The Bertz CT molecular complexity index is 877. The third kappa shape index (κ3) is 6.75. The summed E-state index contributed by atoms with van der Waals surface area (Å²) in [5.41, 5.74) is 2.31. The number of nitrogens with zero attached hydrogens (tertiary/aromatic N) is 2. The number of non-ortho nitro benzene ring substituents is 1. The van der Waals surface area contributed by atoms with E-state index in [1.54, 1.807) is 25.3 Å². The number of nitro groups is 1. The highest BCUT2D eigenvalue weighted by Gasteiger charge is 2.03. The number of benzene rings is 2. The van der Waals surface area contributed by atoms with Gasteiger partial charge in [0.1, 0.15) is 0 Å². The smallest absolute Gasteiger partial charge is 0.305 e. The molecule has 0 aromatic heterocycles. The highest BCUT2D eigenvalue weighted by atomic mass is 16.6. The zero-order chi connectivity index (χ0) is 19.5. The predicted octanol–water partition coefficient (Wildman–Crippen LogP) is 4.43. The van der Waals surface area contributed by atoms with Gasteiger partial charge in [0.05, 0.1) is 22.8 Å². The average molecular weight is 364 g/mol. The van der Waals surface area contributed by atoms with E-state index in [2.05, 4.69) is 16.8 Å². The van der Waals surface area contributed by atoms with Crippen molar-refractivity contribution in [2.45, 2.75) is 26.2 Å². The fourth-order valence-electron chi connectivity index (χ4n) is 2.23. The zero-order valence-corrected chi connectivity index (χ0v) is 15.1. The van der Waals surface area contributed by atoms with Crippen molar-refractivity contribution < 1.29 is 14.5 Å². The third-order valence-corrected chi connectivity index (χ3v) is 3.57. The van der Waals surface area contributed by atoms with Crippen LogP contribution in [0.4, 0.5) is 11.4 Å². The van der Waals surface area contributed by atoms with E-state index in [0.29, 0.717) is 31.6 Å². The number of hydrogen-bond donors (Lipinski definition) is 0. The fraction of sp³-hybridized carbons (Fsp3) is 0.238. The molecule has 2 rings (SSSR count). The molecule has 0 amide bonds. The molecule has 2 aromatic rings. The van der Waals surface area contributed by atoms with Gasteiger partial charge in [-0.25, -0.2) is 0 Å². The molecule has 0 aliphatic carbocycles. The van der Waals surface area contributed by atoms with E-state index in [9.17, 15) is 14.9 Å². The molecule has 0 radical (unpaired) electrons. The maximum absolute atomic E-state index is 11.3. The first kappa shape index (κ1) is 19.9. The van der Waals surface area contributed by atoms with Crippen molar-refractivity contribution in [3.63, 3.8) is 0 Å². The third-order valence-electron chi connectivity index (χ3n) is 3.57. The fourth-order valence-corrected chi connectivity index (χ4v) is 2.23. The number of nitro benzene ring substituents is 1. The molecule has 0 unspecified atom stereocenters. The zero-order valence-electron chi connectivity index (χ0n) is 15.1. The Balaban J connectivity index is 2.00. The quantitative estimate of drug-likeness (QED) is 0.182. The maximum atomic E-state index is 11.3. The molecular weight excluding hydrogens is 344 g/mol. The Morgan fingerprint density at radius 1 is 1.22 bits per heavy atom. The Labute approximate surface area is 158 Å². The number of hydrogen-bond acceptors (Lipinski definition) is 5. The molecule has 27 heavy (non-hydrogen) atoms. The lowest BCUT2D eigenvalue weighted by atomic mass is 10.1. The highest BCUT2D eigenvalue weighted by molar-refractivity contribution is 5.83. The summed E-state index contributed by atoms with van der Waals surface area (Å²) in [6.07, 6.45) is 3.26. The van der Waals surface area contributed by atoms with Crippen LogP contribution in [-0.4, -0.2) is 23.7 Å². The molecule has 0 aliphatic rings. The summed E-state index contributed by atoms with van der Waals surface area (Å²) in [4.78, 5) is 26.0. The minimum Gasteiger partial charge on any atom is -0.466 e. The Morgan fingerprint density at radius 3 is 2.67 bits per heavy atom. The van der Waals surface area contributed by atoms with Crippen LogP contribution >= 0.6 is 0 Å². The van der Waals surface area contributed by atoms with Crippen LogP contribution in [0.5, 0.6) is 0 Å². The minimum absolute atomic E-state index is 0.0428. The molecule has 6 heteroatoms. The van der Waals surface area contributed by atoms with Crippen LogP contribution in [0.25, 0.3) is 0 Å². The van der Waals surface area contributed by atoms with E-state index in [0.717, 1.165) is 11.1 Å². The Morgan fingerprint density at radius 2 is 1.96 bits per heavy atom. The van der Waals surface area contributed by atoms with Crippen LogP contribution in [0.3, 0.4) is 0 Å². The van der Waals surface area contributed by atoms with Crippen molar-refractivity contribution in [2.24, 2.45) is 4.99 Å². The lowest BCUT2D eigenvalue weighted by Gasteiger charge is -1.99. The van der Waals surface area contributed by atoms with Gasteiger partial charge in [0.2, 0.25) is 0 Å². The van der Waals surface area contributed by atoms with Crippen molar-refractivity contribution in [3.8, 4) is 11.8 Å². The lowest BCUT2D eigenvalue weighted by molar-refractivity contribution is -0.384. The van der Waals surface area contributed by atoms with Crippen LogP contribution in [-0.2, 0) is 9.53 Å². The minimum atomic E-state index is -0.437. The van der Waals surface area contributed by atoms with E-state index in [1.165, 1.54) is 12.1 Å². The second-order valence-corrected chi connectivity index (χ2v) is 5.58. The maximum Gasteiger partial charge on any atom is 0.305 e. The first-order valence-electron chi connectivity index (χ1n) is 8.62. The molecule has 138 valence electrons. The van der Waals surface area contributed by atoms with Crippen molar-refractivity contribution >= 4 is 23.6 Å². The summed E-state index contributed by atoms with van der Waals surface area (Å²) in [6, 6.07) is 13.6. The van der Waals surface area contributed by atoms with Crippen molar-refractivity contribution in [1.82, 2.24) is 0 Å². The molecule has 0 bridgehead atoms. The molecule has 0 aliphatic heterocycles. The second kappa shape index (κ2) is 10.5. The molecule has 0 N–H and O–H groups in total. The second-order valence-electron chi connectivity index (χ2n) is 5.58. The van der Waals surface area contributed by atoms with Gasteiger partial charge in [-0.05, 0) is 43.2 Å². The van der Waals surface area contributed by atoms with Crippen molar-refractivity contribution in [1.29, 1.82) is 0 Å². The van der Waals surface area contributed by atoms with E-state index in [-0.39, 0.29) is 11.7 Å². The number of para-hydroxylation sites is 1. The largest absolute Gasteiger partial charge is 0.466 e. The topological polar surface area (TPSA) is 81.8 Å². The van der Waals surface area contributed by atoms with Crippen LogP contribution in [0.2, 0.25) is 0 Å². The summed E-state index contributed by atoms with van der Waals surface area (Å²) < 4.78 is 4.88. The molecule has 0 heterocycles. The van der Waals surface area contributed by atoms with Crippen LogP contribution in [0, 0.1) is 22.0 Å². The van der Waals surface area contributed by atoms with Gasteiger partial charge in [0.15, 0.2) is 0 Å². The number of carbonyl (C=O) groups is 1. The van der Waals surface area contributed by atoms with Crippen molar-refractivity contribution in [2.75, 3.05) is 6.61 Å². The molecule has 6 nitrogen and oxygen atoms in total. The number of rotatable bonds is 7. The van der Waals surface area contributed by atoms with Gasteiger partial charge >= 0.3 is 5.97 Å². The van der Waals surface area contributed by atoms with E-state index < -0.39 is 4.92 Å². The molecular formula is C21H20N2O4. The molecule has 2 aromatic carbocycles. The van der Waals surface area contributed by atoms with Gasteiger partial charge in [-0.1, -0.05) is 24.0 Å². The molecule has 0 saturated heterocycles. The van der Waals surface area contributed by atoms with Gasteiger partial charge in [-0.2, -0.15) is 0 Å². The van der Waals surface area contributed by atoms with E-state index in [1.807, 2.05) is 24.3 Å². The average Bonchev–Trinajstić information content (AvgIpc) is 2.67. The number of carbonyl (C=O) groups excluding carboxylic acids is 1. The van der Waals surface area contributed by atoms with Crippen LogP contribution in [0.15, 0.2) is 53.5 Å². The van der Waals surface area contributed by atoms with Gasteiger partial charge in [-0.3, -0.25) is 19.9 Å². The Kier molecular flexibility index (Phi) is 7.73. The molecule has 0 fully saturated rings. The number of esters is 1. The van der Waals surface area contributed by atoms with Gasteiger partial charge in [-0.15, -0.1) is 0 Å². The summed E-state index contributed by atoms with van der Waals surface area (Å²) in [5, 5.41) is 10.7. The first-order chi connectivity index (χ1) is 13.1. The summed E-state index contributed by atoms with van der Waals surface area (Å²) in [6.45, 7) is 2.18. The van der Waals surface area contributed by atoms with E-state index >= 15 is 0 Å². The summed E-state index contributed by atoms with van der Waals surface area (Å²) >= 11 is 0. The first-order valence-corrected chi connectivity index (χ1v) is 8.62. The number of aliphatic imine (C=N–C) groups is 1. The number of unbranched alkanes of at least 4 members (excludes halogenated alkanes) is 1. The summed E-state index contributed by atoms with van der Waals surface area (Å²) in [7, 11) is 0. The van der Waals surface area contributed by atoms with Crippen LogP contribution < -0.4 is 0 Å². The van der Waals surface area contributed by atoms with Gasteiger partial charge in [0, 0.05) is 31.2 Å². The molecule has 0 atom stereocenters. The van der Waals surface area contributed by atoms with Gasteiger partial charge in [0.25, 0.3) is 5.69 Å². The standard InChI is InChI=1S/C21H20N2O4/c1-2-27-21(24)11-5-3-4-8-18-9-6-7-10-20(18)22-16-17-12-14-19(15-13-17)23(25)26/h6-7,9-10,12-16H,2-3,5,11H2,1H3. The number of ether oxygens (including phenoxy) is 1. The van der Waals surface area contributed by atoms with E-state index in [4.69, 9.17) is 4.74 Å². The monoisotopic (exact) mass is 364 g/mol. The lowest BCUT2D eigenvalue weighted by Crippen LogP contribution is -2.02. The molecule has 0 saturated carbocycles. The highest BCUT2D eigenvalue weighted by Crippen LogP contribution is 2.18. The summed E-state index contributed by atoms with van der Waals surface area (Å²) in [5.74, 6) is 5.92. The SMILES string of the molecule is CCOC(=O)CCCC#Cc1ccccc1N=Cc1ccc([N+](=O)[O-])cc1. The van der Waals surface area contributed by atoms with Crippen molar-refractivity contribution in [3.05, 3.63) is 69.8 Å². The normalized spacial score (nSPS) is 10.3.